The minimum absolute atomic E-state index is 0.153. The predicted octanol–water partition coefficient (Wildman–Crippen LogP) is 6.10. The Labute approximate surface area is 223 Å². The molecule has 4 aliphatic rings. The first-order valence-electron chi connectivity index (χ1n) is 12.3. The summed E-state index contributed by atoms with van der Waals surface area (Å²) in [6.07, 6.45) is 1.86. The van der Waals surface area contributed by atoms with E-state index in [0.717, 1.165) is 32.4 Å². The second-order valence-electron chi connectivity index (χ2n) is 9.75. The van der Waals surface area contributed by atoms with Crippen LogP contribution in [0.15, 0.2) is 113 Å². The van der Waals surface area contributed by atoms with Gasteiger partial charge in [0.2, 0.25) is 11.8 Å². The zero-order valence-electron chi connectivity index (χ0n) is 19.7. The summed E-state index contributed by atoms with van der Waals surface area (Å²) in [5, 5.41) is 4.70. The van der Waals surface area contributed by atoms with Gasteiger partial charge in [0.15, 0.2) is 0 Å². The van der Waals surface area contributed by atoms with Crippen LogP contribution in [-0.4, -0.2) is 18.0 Å². The largest absolute Gasteiger partial charge is 0.279 e. The average Bonchev–Trinajstić information content (AvgIpc) is 3.21. The lowest BCUT2D eigenvalue weighted by molar-refractivity contribution is -0.122. The Morgan fingerprint density at radius 1 is 0.757 bits per heavy atom. The smallest absolute Gasteiger partial charge is 0.239 e. The van der Waals surface area contributed by atoms with Crippen LogP contribution in [0.25, 0.3) is 0 Å². The molecular weight excluding hydrogens is 526 g/mol. The summed E-state index contributed by atoms with van der Waals surface area (Å²) in [4.78, 5) is 29.8. The number of hydrogen-bond acceptors (Lipinski definition) is 4. The van der Waals surface area contributed by atoms with Crippen LogP contribution < -0.4 is 10.3 Å². The van der Waals surface area contributed by atoms with Crippen LogP contribution in [0.2, 0.25) is 0 Å². The zero-order valence-corrected chi connectivity index (χ0v) is 21.3. The molecule has 4 aromatic rings. The Hall–Kier alpha value is -4.03. The third kappa shape index (κ3) is 3.05. The molecular formula is C31H22BrN3O2. The highest BCUT2D eigenvalue weighted by Crippen LogP contribution is 2.63. The van der Waals surface area contributed by atoms with E-state index in [4.69, 9.17) is 5.10 Å². The van der Waals surface area contributed by atoms with E-state index >= 15 is 0 Å². The highest BCUT2D eigenvalue weighted by atomic mass is 79.9. The van der Waals surface area contributed by atoms with Crippen molar-refractivity contribution < 1.29 is 9.59 Å². The van der Waals surface area contributed by atoms with Gasteiger partial charge < -0.3 is 0 Å². The summed E-state index contributed by atoms with van der Waals surface area (Å²) < 4.78 is 0.892. The molecule has 1 saturated heterocycles. The third-order valence-electron chi connectivity index (χ3n) is 8.00. The van der Waals surface area contributed by atoms with Crippen molar-refractivity contribution in [3.05, 3.63) is 130 Å². The number of benzene rings is 4. The number of hydrazone groups is 1. The Bertz CT molecular complexity index is 1530. The van der Waals surface area contributed by atoms with Gasteiger partial charge in [0, 0.05) is 16.6 Å². The Kier molecular flexibility index (Phi) is 4.95. The number of carbonyl (C=O) groups excluding carboxylic acids is 2. The Morgan fingerprint density at radius 3 is 2.00 bits per heavy atom. The van der Waals surface area contributed by atoms with Gasteiger partial charge in [0.25, 0.3) is 0 Å². The summed E-state index contributed by atoms with van der Waals surface area (Å²) >= 11 is 3.46. The number of carbonyl (C=O) groups is 2. The number of anilines is 2. The SMILES string of the molecule is O=C1[C@@H]2[C@@H](C(=O)N1c1ccc(Br)cc1)C1c3ccccc3C2(/C=N\Nc2ccccc2)c2ccccc21. The van der Waals surface area contributed by atoms with Crippen LogP contribution in [0, 0.1) is 11.8 Å². The maximum Gasteiger partial charge on any atom is 0.239 e. The molecule has 6 heteroatoms. The molecule has 1 aliphatic heterocycles. The van der Waals surface area contributed by atoms with Gasteiger partial charge in [-0.15, -0.1) is 0 Å². The normalized spacial score (nSPS) is 25.2. The standard InChI is InChI=1S/C31H22BrN3O2/c32-19-14-16-21(17-15-19)35-29(36)27-26-22-10-4-6-12-24(22)31(28(27)30(35)37,25-13-7-5-11-23(25)26)18-33-34-20-8-2-1-3-9-20/h1-18,26-28,34H/b33-18-/t26?,27-,28-,31?/m0/s1. The third-order valence-corrected chi connectivity index (χ3v) is 8.53. The summed E-state index contributed by atoms with van der Waals surface area (Å²) in [6, 6.07) is 33.5. The second kappa shape index (κ2) is 8.25. The summed E-state index contributed by atoms with van der Waals surface area (Å²) in [6.45, 7) is 0. The molecule has 1 fully saturated rings. The lowest BCUT2D eigenvalue weighted by atomic mass is 9.47. The van der Waals surface area contributed by atoms with Gasteiger partial charge in [-0.2, -0.15) is 5.10 Å². The molecule has 3 aliphatic carbocycles. The number of nitrogens with one attached hydrogen (secondary N) is 1. The van der Waals surface area contributed by atoms with E-state index in [-0.39, 0.29) is 17.7 Å². The molecule has 2 atom stereocenters. The van der Waals surface area contributed by atoms with E-state index < -0.39 is 17.3 Å². The zero-order chi connectivity index (χ0) is 25.1. The number of amides is 2. The number of para-hydroxylation sites is 1. The van der Waals surface area contributed by atoms with Gasteiger partial charge in [-0.05, 0) is 58.7 Å². The van der Waals surface area contributed by atoms with Gasteiger partial charge >= 0.3 is 0 Å². The molecule has 0 radical (unpaired) electrons. The van der Waals surface area contributed by atoms with Crippen LogP contribution in [0.3, 0.4) is 0 Å². The first-order chi connectivity index (χ1) is 18.1. The lowest BCUT2D eigenvalue weighted by Gasteiger charge is -2.52. The van der Waals surface area contributed by atoms with Crippen molar-refractivity contribution in [3.8, 4) is 0 Å². The number of imide groups is 1. The number of halogens is 1. The fourth-order valence-electron chi connectivity index (χ4n) is 6.62. The molecule has 0 spiro atoms. The Balaban J connectivity index is 1.45. The van der Waals surface area contributed by atoms with E-state index in [0.29, 0.717) is 5.69 Å². The van der Waals surface area contributed by atoms with Gasteiger partial charge in [0.1, 0.15) is 0 Å². The van der Waals surface area contributed by atoms with Crippen molar-refractivity contribution >= 4 is 45.3 Å². The van der Waals surface area contributed by atoms with Crippen LogP contribution >= 0.6 is 15.9 Å². The molecule has 2 bridgehead atoms. The van der Waals surface area contributed by atoms with Crippen LogP contribution in [-0.2, 0) is 15.0 Å². The summed E-state index contributed by atoms with van der Waals surface area (Å²) in [5.74, 6) is -1.63. The summed E-state index contributed by atoms with van der Waals surface area (Å²) in [5.41, 5.74) is 7.96. The highest BCUT2D eigenvalue weighted by Gasteiger charge is 2.68. The molecule has 180 valence electrons. The molecule has 1 N–H and O–H groups in total. The molecule has 37 heavy (non-hydrogen) atoms. The van der Waals surface area contributed by atoms with E-state index in [1.807, 2.05) is 85.1 Å². The second-order valence-corrected chi connectivity index (χ2v) is 10.7. The monoisotopic (exact) mass is 547 g/mol. The quantitative estimate of drug-likeness (QED) is 0.191. The van der Waals surface area contributed by atoms with Crippen molar-refractivity contribution in [2.75, 3.05) is 10.3 Å². The minimum Gasteiger partial charge on any atom is -0.279 e. The van der Waals surface area contributed by atoms with Crippen molar-refractivity contribution in [3.63, 3.8) is 0 Å². The van der Waals surface area contributed by atoms with E-state index in [1.165, 1.54) is 4.90 Å². The van der Waals surface area contributed by atoms with Crippen LogP contribution in [0.4, 0.5) is 11.4 Å². The molecule has 0 saturated carbocycles. The Morgan fingerprint density at radius 2 is 1.35 bits per heavy atom. The number of nitrogens with zero attached hydrogens (tertiary/aromatic N) is 2. The van der Waals surface area contributed by atoms with Crippen molar-refractivity contribution in [2.45, 2.75) is 11.3 Å². The van der Waals surface area contributed by atoms with Gasteiger partial charge in [-0.25, -0.2) is 4.90 Å². The minimum atomic E-state index is -0.884. The van der Waals surface area contributed by atoms with Crippen molar-refractivity contribution in [1.29, 1.82) is 0 Å². The number of rotatable bonds is 4. The molecule has 0 unspecified atom stereocenters. The summed E-state index contributed by atoms with van der Waals surface area (Å²) in [7, 11) is 0. The lowest BCUT2D eigenvalue weighted by Crippen LogP contribution is -2.54. The number of hydrogen-bond donors (Lipinski definition) is 1. The average molecular weight is 548 g/mol. The molecule has 5 nitrogen and oxygen atoms in total. The molecule has 4 aromatic carbocycles. The maximum absolute atomic E-state index is 14.3. The van der Waals surface area contributed by atoms with Gasteiger partial charge in [0.05, 0.1) is 28.6 Å². The fourth-order valence-corrected chi connectivity index (χ4v) is 6.88. The molecule has 0 aromatic heterocycles. The van der Waals surface area contributed by atoms with E-state index in [2.05, 4.69) is 45.6 Å². The fraction of sp³-hybridized carbons (Fsp3) is 0.129. The van der Waals surface area contributed by atoms with Crippen molar-refractivity contribution in [1.82, 2.24) is 0 Å². The van der Waals surface area contributed by atoms with Crippen molar-refractivity contribution in [2.24, 2.45) is 16.9 Å². The van der Waals surface area contributed by atoms with Gasteiger partial charge in [-0.1, -0.05) is 82.7 Å². The first-order valence-corrected chi connectivity index (χ1v) is 13.1. The molecule has 2 amide bonds. The highest BCUT2D eigenvalue weighted by molar-refractivity contribution is 9.10. The van der Waals surface area contributed by atoms with E-state index in [9.17, 15) is 9.59 Å². The first kappa shape index (κ1) is 22.2. The van der Waals surface area contributed by atoms with Crippen LogP contribution in [0.1, 0.15) is 28.2 Å². The van der Waals surface area contributed by atoms with Gasteiger partial charge in [-0.3, -0.25) is 15.0 Å². The molecule has 1 heterocycles. The topological polar surface area (TPSA) is 61.8 Å². The molecule has 8 rings (SSSR count). The van der Waals surface area contributed by atoms with E-state index in [1.54, 1.807) is 0 Å². The predicted molar refractivity (Wildman–Crippen MR) is 148 cm³/mol. The van der Waals surface area contributed by atoms with Crippen LogP contribution in [0.5, 0.6) is 0 Å². The maximum atomic E-state index is 14.3.